The molecule has 2 rings (SSSR count). The van der Waals surface area contributed by atoms with Crippen molar-refractivity contribution in [2.75, 3.05) is 0 Å². The van der Waals surface area contributed by atoms with Crippen LogP contribution in [0.1, 0.15) is 43.2 Å². The van der Waals surface area contributed by atoms with Gasteiger partial charge in [0.1, 0.15) is 0 Å². The molecule has 88 valence electrons. The Labute approximate surface area is 104 Å². The molecule has 0 N–H and O–H groups in total. The topological polar surface area (TPSA) is 0 Å². The zero-order valence-corrected chi connectivity index (χ0v) is 10.8. The Balaban J connectivity index is 1.97. The lowest BCUT2D eigenvalue weighted by Crippen LogP contribution is -2.08. The van der Waals surface area contributed by atoms with Crippen molar-refractivity contribution in [2.24, 2.45) is 5.92 Å². The van der Waals surface area contributed by atoms with Crippen LogP contribution in [0.15, 0.2) is 24.3 Å². The van der Waals surface area contributed by atoms with E-state index in [1.165, 1.54) is 49.7 Å². The van der Waals surface area contributed by atoms with Gasteiger partial charge in [-0.15, -0.1) is 11.6 Å². The van der Waals surface area contributed by atoms with E-state index in [1.54, 1.807) is 0 Å². The lowest BCUT2D eigenvalue weighted by Gasteiger charge is -2.16. The van der Waals surface area contributed by atoms with Gasteiger partial charge in [-0.05, 0) is 37.7 Å². The maximum atomic E-state index is 6.31. The molecule has 1 fully saturated rings. The predicted octanol–water partition coefficient (Wildman–Crippen LogP) is 4.73. The summed E-state index contributed by atoms with van der Waals surface area (Å²) in [7, 11) is 0. The fourth-order valence-corrected chi connectivity index (χ4v) is 3.16. The highest BCUT2D eigenvalue weighted by Gasteiger charge is 2.18. The maximum Gasteiger partial charge on any atom is 0.0338 e. The third-order valence-electron chi connectivity index (χ3n) is 3.58. The number of aryl methyl sites for hydroxylation is 1. The molecule has 1 aliphatic carbocycles. The molecule has 1 aliphatic rings. The van der Waals surface area contributed by atoms with E-state index < -0.39 is 0 Å². The lowest BCUT2D eigenvalue weighted by atomic mass is 9.92. The lowest BCUT2D eigenvalue weighted by molar-refractivity contribution is 0.460. The first-order chi connectivity index (χ1) is 7.74. The molecule has 1 aromatic rings. The van der Waals surface area contributed by atoms with Gasteiger partial charge in [-0.2, -0.15) is 0 Å². The molecular weight excluding hydrogens is 216 g/mol. The first-order valence-electron chi connectivity index (χ1n) is 6.43. The molecule has 0 amide bonds. The normalized spacial score (nSPS) is 26.4. The summed E-state index contributed by atoms with van der Waals surface area (Å²) in [5.74, 6) is 0.798. The van der Waals surface area contributed by atoms with Gasteiger partial charge in [0.25, 0.3) is 0 Å². The fourth-order valence-electron chi connectivity index (χ4n) is 2.75. The molecule has 2 unspecified atom stereocenters. The van der Waals surface area contributed by atoms with Crippen molar-refractivity contribution in [3.8, 4) is 0 Å². The van der Waals surface area contributed by atoms with Gasteiger partial charge in [0.15, 0.2) is 0 Å². The smallest absolute Gasteiger partial charge is 0.0338 e. The highest BCUT2D eigenvalue weighted by atomic mass is 35.5. The zero-order valence-electron chi connectivity index (χ0n) is 10.1. The summed E-state index contributed by atoms with van der Waals surface area (Å²) in [5.41, 5.74) is 2.85. The summed E-state index contributed by atoms with van der Waals surface area (Å²) in [6.07, 6.45) is 7.67. The van der Waals surface area contributed by atoms with E-state index in [9.17, 15) is 0 Å². The van der Waals surface area contributed by atoms with Crippen LogP contribution in [0.3, 0.4) is 0 Å². The minimum absolute atomic E-state index is 0.414. The Hall–Kier alpha value is -0.490. The summed E-state index contributed by atoms with van der Waals surface area (Å²) in [6, 6.07) is 8.90. The fraction of sp³-hybridized carbons (Fsp3) is 0.600. The summed E-state index contributed by atoms with van der Waals surface area (Å²) < 4.78 is 0. The predicted molar refractivity (Wildman–Crippen MR) is 71.1 cm³/mol. The highest BCUT2D eigenvalue weighted by Crippen LogP contribution is 2.29. The van der Waals surface area contributed by atoms with Crippen LogP contribution in [0.25, 0.3) is 0 Å². The van der Waals surface area contributed by atoms with E-state index in [2.05, 4.69) is 31.2 Å². The Bertz CT molecular complexity index is 332. The van der Waals surface area contributed by atoms with Gasteiger partial charge in [0.2, 0.25) is 0 Å². The molecule has 16 heavy (non-hydrogen) atoms. The van der Waals surface area contributed by atoms with Crippen LogP contribution >= 0.6 is 11.6 Å². The van der Waals surface area contributed by atoms with Crippen LogP contribution < -0.4 is 0 Å². The minimum Gasteiger partial charge on any atom is -0.123 e. The van der Waals surface area contributed by atoms with Gasteiger partial charge < -0.3 is 0 Å². The molecule has 2 atom stereocenters. The molecule has 0 saturated heterocycles. The first kappa shape index (κ1) is 12.0. The number of benzene rings is 1. The number of alkyl halides is 1. The van der Waals surface area contributed by atoms with E-state index in [0.717, 1.165) is 5.92 Å². The monoisotopic (exact) mass is 236 g/mol. The van der Waals surface area contributed by atoms with Crippen LogP contribution in [0, 0.1) is 12.8 Å². The van der Waals surface area contributed by atoms with Gasteiger partial charge in [0.05, 0.1) is 0 Å². The van der Waals surface area contributed by atoms with Crippen molar-refractivity contribution in [2.45, 2.75) is 50.8 Å². The minimum atomic E-state index is 0.414. The van der Waals surface area contributed by atoms with Gasteiger partial charge in [-0.3, -0.25) is 0 Å². The molecule has 0 heterocycles. The number of hydrogen-bond acceptors (Lipinski definition) is 0. The van der Waals surface area contributed by atoms with Crippen LogP contribution in [0.5, 0.6) is 0 Å². The molecule has 0 aromatic heterocycles. The third-order valence-corrected chi connectivity index (χ3v) is 3.97. The molecule has 0 radical (unpaired) electrons. The standard InChI is InChI=1S/C15H21Cl/c1-12-5-4-7-13(9-12)10-14-6-2-3-8-15(16)11-14/h4-5,7,9,14-15H,2-3,6,8,10-11H2,1H3. The Morgan fingerprint density at radius 1 is 1.25 bits per heavy atom. The molecule has 0 bridgehead atoms. The van der Waals surface area contributed by atoms with E-state index in [0.29, 0.717) is 5.38 Å². The summed E-state index contributed by atoms with van der Waals surface area (Å²) in [4.78, 5) is 0. The van der Waals surface area contributed by atoms with Crippen LogP contribution in [0.4, 0.5) is 0 Å². The summed E-state index contributed by atoms with van der Waals surface area (Å²) >= 11 is 6.31. The highest BCUT2D eigenvalue weighted by molar-refractivity contribution is 6.20. The SMILES string of the molecule is Cc1cccc(CC2CCCCC(Cl)C2)c1. The van der Waals surface area contributed by atoms with Crippen LogP contribution in [0.2, 0.25) is 0 Å². The van der Waals surface area contributed by atoms with E-state index >= 15 is 0 Å². The summed E-state index contributed by atoms with van der Waals surface area (Å²) in [5, 5.41) is 0.414. The quantitative estimate of drug-likeness (QED) is 0.515. The number of halogens is 1. The van der Waals surface area contributed by atoms with E-state index in [-0.39, 0.29) is 0 Å². The summed E-state index contributed by atoms with van der Waals surface area (Å²) in [6.45, 7) is 2.17. The molecule has 1 saturated carbocycles. The van der Waals surface area contributed by atoms with Gasteiger partial charge in [-0.1, -0.05) is 49.1 Å². The molecule has 0 aliphatic heterocycles. The van der Waals surface area contributed by atoms with Gasteiger partial charge >= 0.3 is 0 Å². The largest absolute Gasteiger partial charge is 0.123 e. The van der Waals surface area contributed by atoms with Crippen molar-refractivity contribution in [1.82, 2.24) is 0 Å². The van der Waals surface area contributed by atoms with Crippen molar-refractivity contribution < 1.29 is 0 Å². The van der Waals surface area contributed by atoms with E-state index in [4.69, 9.17) is 11.6 Å². The van der Waals surface area contributed by atoms with Crippen molar-refractivity contribution in [1.29, 1.82) is 0 Å². The Kier molecular flexibility index (Phi) is 4.29. The third kappa shape index (κ3) is 3.52. The first-order valence-corrected chi connectivity index (χ1v) is 6.87. The number of hydrogen-bond donors (Lipinski definition) is 0. The number of rotatable bonds is 2. The average molecular weight is 237 g/mol. The zero-order chi connectivity index (χ0) is 11.4. The maximum absolute atomic E-state index is 6.31. The second-order valence-electron chi connectivity index (χ2n) is 5.18. The second kappa shape index (κ2) is 5.72. The van der Waals surface area contributed by atoms with Crippen LogP contribution in [-0.2, 0) is 6.42 Å². The second-order valence-corrected chi connectivity index (χ2v) is 5.79. The average Bonchev–Trinajstić information content (AvgIpc) is 2.43. The van der Waals surface area contributed by atoms with E-state index in [1.807, 2.05) is 0 Å². The van der Waals surface area contributed by atoms with Crippen molar-refractivity contribution >= 4 is 11.6 Å². The Morgan fingerprint density at radius 3 is 2.88 bits per heavy atom. The molecule has 0 spiro atoms. The molecular formula is C15H21Cl. The molecule has 0 nitrogen and oxygen atoms in total. The van der Waals surface area contributed by atoms with Crippen molar-refractivity contribution in [3.63, 3.8) is 0 Å². The van der Waals surface area contributed by atoms with Crippen LogP contribution in [-0.4, -0.2) is 5.38 Å². The Morgan fingerprint density at radius 2 is 2.06 bits per heavy atom. The molecule has 1 aromatic carbocycles. The van der Waals surface area contributed by atoms with Gasteiger partial charge in [0, 0.05) is 5.38 Å². The van der Waals surface area contributed by atoms with Gasteiger partial charge in [-0.25, -0.2) is 0 Å². The molecule has 1 heteroatoms. The van der Waals surface area contributed by atoms with Crippen molar-refractivity contribution in [3.05, 3.63) is 35.4 Å².